The largest absolute Gasteiger partial charge is 0.271 e. The number of nitrogens with one attached hydrogen (secondary N) is 1. The van der Waals surface area contributed by atoms with Crippen LogP contribution in [0, 0.1) is 6.92 Å². The second-order valence-electron chi connectivity index (χ2n) is 3.84. The molecule has 1 aromatic carbocycles. The van der Waals surface area contributed by atoms with Crippen molar-refractivity contribution in [1.82, 2.24) is 10.4 Å². The highest BCUT2D eigenvalue weighted by Gasteiger charge is 2.13. The minimum atomic E-state index is 0.0641. The van der Waals surface area contributed by atoms with E-state index >= 15 is 0 Å². The number of nitrogens with zero attached hydrogens (tertiary/aromatic N) is 1. The van der Waals surface area contributed by atoms with Gasteiger partial charge < -0.3 is 0 Å². The van der Waals surface area contributed by atoms with E-state index < -0.39 is 0 Å². The van der Waals surface area contributed by atoms with Gasteiger partial charge in [0.1, 0.15) is 0 Å². The van der Waals surface area contributed by atoms with Crippen molar-refractivity contribution in [3.05, 3.63) is 50.4 Å². The number of rotatable bonds is 4. The summed E-state index contributed by atoms with van der Waals surface area (Å²) in [5, 5.41) is 3.12. The number of halogens is 1. The molecule has 0 amide bonds. The minimum Gasteiger partial charge on any atom is -0.271 e. The number of benzene rings is 1. The standard InChI is InChI=1S/C12H14BrN3S/c1-8-15-12(7-17-8)11(16-14)6-9-3-2-4-10(13)5-9/h2-5,7,11,16H,6,14H2,1H3. The molecule has 0 radical (unpaired) electrons. The molecule has 0 fully saturated rings. The van der Waals surface area contributed by atoms with Crippen molar-refractivity contribution in [1.29, 1.82) is 0 Å². The molecule has 1 aromatic heterocycles. The SMILES string of the molecule is Cc1nc(C(Cc2cccc(Br)c2)NN)cs1. The Labute approximate surface area is 113 Å². The summed E-state index contributed by atoms with van der Waals surface area (Å²) in [7, 11) is 0. The molecule has 0 saturated heterocycles. The molecule has 0 spiro atoms. The zero-order chi connectivity index (χ0) is 12.3. The fourth-order valence-corrected chi connectivity index (χ4v) is 2.80. The Hall–Kier alpha value is -0.750. The summed E-state index contributed by atoms with van der Waals surface area (Å²) in [5.41, 5.74) is 5.07. The van der Waals surface area contributed by atoms with E-state index in [0.717, 1.165) is 21.6 Å². The van der Waals surface area contributed by atoms with Gasteiger partial charge in [0.25, 0.3) is 0 Å². The van der Waals surface area contributed by atoms with E-state index in [9.17, 15) is 0 Å². The van der Waals surface area contributed by atoms with Crippen LogP contribution in [0.2, 0.25) is 0 Å². The lowest BCUT2D eigenvalue weighted by molar-refractivity contribution is 0.540. The second-order valence-corrected chi connectivity index (χ2v) is 5.82. The monoisotopic (exact) mass is 311 g/mol. The van der Waals surface area contributed by atoms with E-state index in [0.29, 0.717) is 0 Å². The van der Waals surface area contributed by atoms with Crippen LogP contribution < -0.4 is 11.3 Å². The van der Waals surface area contributed by atoms with Gasteiger partial charge in [0.2, 0.25) is 0 Å². The Bertz CT molecular complexity index is 498. The smallest absolute Gasteiger partial charge is 0.0898 e. The van der Waals surface area contributed by atoms with Crippen molar-refractivity contribution in [3.63, 3.8) is 0 Å². The molecule has 90 valence electrons. The summed E-state index contributed by atoms with van der Waals surface area (Å²) in [6.45, 7) is 2.00. The first-order valence-corrected chi connectivity index (χ1v) is 6.99. The Morgan fingerprint density at radius 2 is 2.35 bits per heavy atom. The molecule has 1 atom stereocenters. The lowest BCUT2D eigenvalue weighted by Crippen LogP contribution is -2.29. The molecule has 3 N–H and O–H groups in total. The van der Waals surface area contributed by atoms with Gasteiger partial charge in [0.05, 0.1) is 16.7 Å². The molecule has 0 aliphatic carbocycles. The normalized spacial score (nSPS) is 12.6. The quantitative estimate of drug-likeness (QED) is 0.674. The minimum absolute atomic E-state index is 0.0641. The predicted molar refractivity (Wildman–Crippen MR) is 74.8 cm³/mol. The highest BCUT2D eigenvalue weighted by molar-refractivity contribution is 9.10. The summed E-state index contributed by atoms with van der Waals surface area (Å²) < 4.78 is 1.08. The van der Waals surface area contributed by atoms with Crippen LogP contribution in [0.4, 0.5) is 0 Å². The number of hydrogen-bond donors (Lipinski definition) is 2. The lowest BCUT2D eigenvalue weighted by atomic mass is 10.0. The fraction of sp³-hybridized carbons (Fsp3) is 0.250. The van der Waals surface area contributed by atoms with Crippen molar-refractivity contribution in [2.24, 2.45) is 5.84 Å². The number of nitrogens with two attached hydrogens (primary N) is 1. The third kappa shape index (κ3) is 3.35. The fourth-order valence-electron chi connectivity index (χ4n) is 1.69. The molecular formula is C12H14BrN3S. The second kappa shape index (κ2) is 5.73. The molecule has 1 heterocycles. The molecular weight excluding hydrogens is 298 g/mol. The molecule has 2 rings (SSSR count). The van der Waals surface area contributed by atoms with Crippen molar-refractivity contribution in [2.45, 2.75) is 19.4 Å². The van der Waals surface area contributed by atoms with Crippen molar-refractivity contribution >= 4 is 27.3 Å². The summed E-state index contributed by atoms with van der Waals surface area (Å²) in [6, 6.07) is 8.30. The van der Waals surface area contributed by atoms with E-state index in [1.54, 1.807) is 11.3 Å². The van der Waals surface area contributed by atoms with Gasteiger partial charge in [-0.3, -0.25) is 11.3 Å². The van der Waals surface area contributed by atoms with E-state index in [-0.39, 0.29) is 6.04 Å². The van der Waals surface area contributed by atoms with Crippen LogP contribution in [-0.4, -0.2) is 4.98 Å². The van der Waals surface area contributed by atoms with E-state index in [1.165, 1.54) is 5.56 Å². The molecule has 0 bridgehead atoms. The molecule has 1 unspecified atom stereocenters. The van der Waals surface area contributed by atoms with Crippen LogP contribution in [0.15, 0.2) is 34.1 Å². The maximum atomic E-state index is 5.60. The first-order valence-electron chi connectivity index (χ1n) is 5.31. The summed E-state index contributed by atoms with van der Waals surface area (Å²) in [5.74, 6) is 5.60. The van der Waals surface area contributed by atoms with Crippen LogP contribution >= 0.6 is 27.3 Å². The van der Waals surface area contributed by atoms with Gasteiger partial charge in [0.15, 0.2) is 0 Å². The van der Waals surface area contributed by atoms with Crippen molar-refractivity contribution in [3.8, 4) is 0 Å². The van der Waals surface area contributed by atoms with E-state index in [4.69, 9.17) is 5.84 Å². The first kappa shape index (κ1) is 12.7. The van der Waals surface area contributed by atoms with Gasteiger partial charge in [-0.2, -0.15) is 0 Å². The highest BCUT2D eigenvalue weighted by Crippen LogP contribution is 2.21. The van der Waals surface area contributed by atoms with Crippen LogP contribution in [0.25, 0.3) is 0 Å². The lowest BCUT2D eigenvalue weighted by Gasteiger charge is -2.13. The summed E-state index contributed by atoms with van der Waals surface area (Å²) in [6.07, 6.45) is 0.832. The zero-order valence-electron chi connectivity index (χ0n) is 9.48. The topological polar surface area (TPSA) is 50.9 Å². The van der Waals surface area contributed by atoms with Crippen molar-refractivity contribution < 1.29 is 0 Å². The van der Waals surface area contributed by atoms with Gasteiger partial charge in [0, 0.05) is 9.85 Å². The highest BCUT2D eigenvalue weighted by atomic mass is 79.9. The van der Waals surface area contributed by atoms with Crippen molar-refractivity contribution in [2.75, 3.05) is 0 Å². The number of aryl methyl sites for hydroxylation is 1. The number of hydrogen-bond acceptors (Lipinski definition) is 4. The molecule has 3 nitrogen and oxygen atoms in total. The van der Waals surface area contributed by atoms with Gasteiger partial charge in [-0.25, -0.2) is 4.98 Å². The molecule has 2 aromatic rings. The van der Waals surface area contributed by atoms with Crippen LogP contribution in [-0.2, 0) is 6.42 Å². The Kier molecular flexibility index (Phi) is 4.28. The molecule has 0 aliphatic heterocycles. The Morgan fingerprint density at radius 1 is 1.53 bits per heavy atom. The third-order valence-corrected chi connectivity index (χ3v) is 3.81. The molecule has 17 heavy (non-hydrogen) atoms. The molecule has 0 aliphatic rings. The number of hydrazine groups is 1. The third-order valence-electron chi connectivity index (χ3n) is 2.52. The molecule has 5 heteroatoms. The number of aromatic nitrogens is 1. The molecule has 0 saturated carbocycles. The maximum Gasteiger partial charge on any atom is 0.0898 e. The Balaban J connectivity index is 2.15. The van der Waals surface area contributed by atoms with Gasteiger partial charge >= 0.3 is 0 Å². The summed E-state index contributed by atoms with van der Waals surface area (Å²) in [4.78, 5) is 4.46. The predicted octanol–water partition coefficient (Wildman–Crippen LogP) is 2.96. The van der Waals surface area contributed by atoms with Gasteiger partial charge in [-0.05, 0) is 31.0 Å². The summed E-state index contributed by atoms with van der Waals surface area (Å²) >= 11 is 5.12. The average Bonchev–Trinajstić information content (AvgIpc) is 2.73. The zero-order valence-corrected chi connectivity index (χ0v) is 11.9. The van der Waals surface area contributed by atoms with Crippen LogP contribution in [0.3, 0.4) is 0 Å². The maximum absolute atomic E-state index is 5.60. The first-order chi connectivity index (χ1) is 8.19. The average molecular weight is 312 g/mol. The van der Waals surface area contributed by atoms with E-state index in [2.05, 4.69) is 43.9 Å². The van der Waals surface area contributed by atoms with E-state index in [1.807, 2.05) is 19.1 Å². The van der Waals surface area contributed by atoms with Gasteiger partial charge in [-0.1, -0.05) is 28.1 Å². The van der Waals surface area contributed by atoms with Crippen LogP contribution in [0.5, 0.6) is 0 Å². The number of thiazole rings is 1. The van der Waals surface area contributed by atoms with Crippen LogP contribution in [0.1, 0.15) is 22.3 Å². The Morgan fingerprint density at radius 3 is 2.94 bits per heavy atom. The van der Waals surface area contributed by atoms with Gasteiger partial charge in [-0.15, -0.1) is 11.3 Å².